The average Bonchev–Trinajstić information content (AvgIpc) is 2.67. The molecule has 0 saturated heterocycles. The monoisotopic (exact) mass is 216 g/mol. The minimum absolute atomic E-state index is 0.553. The molecule has 0 aliphatic heterocycles. The van der Waals surface area contributed by atoms with E-state index in [4.69, 9.17) is 4.74 Å². The average molecular weight is 216 g/mol. The van der Waals surface area contributed by atoms with Gasteiger partial charge in [-0.2, -0.15) is 5.10 Å². The first-order valence-corrected chi connectivity index (χ1v) is 5.32. The lowest BCUT2D eigenvalue weighted by molar-refractivity contribution is 0.181. The zero-order valence-electron chi connectivity index (χ0n) is 9.90. The van der Waals surface area contributed by atoms with Crippen LogP contribution in [0.15, 0.2) is 30.5 Å². The topological polar surface area (TPSA) is 27.1 Å². The van der Waals surface area contributed by atoms with Crippen molar-refractivity contribution < 1.29 is 4.74 Å². The second-order valence-corrected chi connectivity index (χ2v) is 3.97. The summed E-state index contributed by atoms with van der Waals surface area (Å²) in [7, 11) is 1.68. The Bertz CT molecular complexity index is 488. The Morgan fingerprint density at radius 3 is 2.75 bits per heavy atom. The van der Waals surface area contributed by atoms with Gasteiger partial charge in [0.25, 0.3) is 0 Å². The van der Waals surface area contributed by atoms with Crippen LogP contribution in [0.2, 0.25) is 0 Å². The van der Waals surface area contributed by atoms with E-state index in [1.807, 2.05) is 16.9 Å². The van der Waals surface area contributed by atoms with Crippen molar-refractivity contribution in [1.82, 2.24) is 9.78 Å². The molecule has 3 nitrogen and oxygen atoms in total. The number of ether oxygens (including phenoxy) is 1. The lowest BCUT2D eigenvalue weighted by atomic mass is 10.1. The number of hydrogen-bond donors (Lipinski definition) is 0. The van der Waals surface area contributed by atoms with Crippen molar-refractivity contribution in [2.45, 2.75) is 20.5 Å². The van der Waals surface area contributed by atoms with Gasteiger partial charge in [-0.05, 0) is 31.5 Å². The Labute approximate surface area is 95.7 Å². The Morgan fingerprint density at radius 1 is 1.25 bits per heavy atom. The van der Waals surface area contributed by atoms with Crippen molar-refractivity contribution in [2.24, 2.45) is 0 Å². The highest BCUT2D eigenvalue weighted by Gasteiger charge is 2.03. The van der Waals surface area contributed by atoms with Gasteiger partial charge in [0.15, 0.2) is 0 Å². The van der Waals surface area contributed by atoms with Crippen LogP contribution in [-0.4, -0.2) is 16.9 Å². The Kier molecular flexibility index (Phi) is 3.06. The second kappa shape index (κ2) is 4.49. The quantitative estimate of drug-likeness (QED) is 0.788. The SMILES string of the molecule is COCc1ccn(-c2ccc(C)cc2C)n1. The standard InChI is InChI=1S/C13H16N2O/c1-10-4-5-13(11(2)8-10)15-7-6-12(14-15)9-16-3/h4-8H,9H2,1-3H3. The van der Waals surface area contributed by atoms with E-state index < -0.39 is 0 Å². The number of methoxy groups -OCH3 is 1. The molecule has 84 valence electrons. The van der Waals surface area contributed by atoms with Crippen molar-refractivity contribution in [3.8, 4) is 5.69 Å². The van der Waals surface area contributed by atoms with Gasteiger partial charge in [-0.3, -0.25) is 0 Å². The van der Waals surface area contributed by atoms with E-state index in [1.54, 1.807) is 7.11 Å². The molecule has 2 aromatic rings. The predicted molar refractivity (Wildman–Crippen MR) is 63.8 cm³/mol. The molecule has 0 N–H and O–H groups in total. The predicted octanol–water partition coefficient (Wildman–Crippen LogP) is 2.64. The van der Waals surface area contributed by atoms with Crippen molar-refractivity contribution >= 4 is 0 Å². The summed E-state index contributed by atoms with van der Waals surface area (Å²) in [6.45, 7) is 4.74. The largest absolute Gasteiger partial charge is 0.378 e. The van der Waals surface area contributed by atoms with Gasteiger partial charge in [0.05, 0.1) is 18.0 Å². The number of rotatable bonds is 3. The maximum absolute atomic E-state index is 5.05. The smallest absolute Gasteiger partial charge is 0.0902 e. The van der Waals surface area contributed by atoms with Crippen LogP contribution in [0.4, 0.5) is 0 Å². The molecule has 0 fully saturated rings. The molecule has 0 aliphatic carbocycles. The van der Waals surface area contributed by atoms with E-state index in [1.165, 1.54) is 11.1 Å². The highest BCUT2D eigenvalue weighted by Crippen LogP contribution is 2.15. The van der Waals surface area contributed by atoms with Crippen LogP contribution in [0.1, 0.15) is 16.8 Å². The summed E-state index contributed by atoms with van der Waals surface area (Å²) in [4.78, 5) is 0. The Balaban J connectivity index is 2.35. The van der Waals surface area contributed by atoms with E-state index in [0.717, 1.165) is 11.4 Å². The number of aromatic nitrogens is 2. The summed E-state index contributed by atoms with van der Waals surface area (Å²) in [6, 6.07) is 8.32. The van der Waals surface area contributed by atoms with Gasteiger partial charge in [0.2, 0.25) is 0 Å². The molecule has 0 spiro atoms. The van der Waals surface area contributed by atoms with Gasteiger partial charge in [0.1, 0.15) is 0 Å². The van der Waals surface area contributed by atoms with Crippen LogP contribution < -0.4 is 0 Å². The van der Waals surface area contributed by atoms with Crippen LogP contribution in [0.3, 0.4) is 0 Å². The van der Waals surface area contributed by atoms with Crippen molar-refractivity contribution in [1.29, 1.82) is 0 Å². The van der Waals surface area contributed by atoms with Gasteiger partial charge in [-0.15, -0.1) is 0 Å². The fourth-order valence-corrected chi connectivity index (χ4v) is 1.78. The fraction of sp³-hybridized carbons (Fsp3) is 0.308. The van der Waals surface area contributed by atoms with Gasteiger partial charge in [-0.1, -0.05) is 17.7 Å². The molecule has 0 amide bonds. The zero-order chi connectivity index (χ0) is 11.5. The number of nitrogens with zero attached hydrogens (tertiary/aromatic N) is 2. The van der Waals surface area contributed by atoms with Gasteiger partial charge in [-0.25, -0.2) is 4.68 Å². The minimum Gasteiger partial charge on any atom is -0.378 e. The first-order valence-electron chi connectivity index (χ1n) is 5.32. The summed E-state index contributed by atoms with van der Waals surface area (Å²) in [5.41, 5.74) is 4.56. The number of hydrogen-bond acceptors (Lipinski definition) is 2. The van der Waals surface area contributed by atoms with Crippen molar-refractivity contribution in [3.63, 3.8) is 0 Å². The first-order chi connectivity index (χ1) is 7.70. The van der Waals surface area contributed by atoms with E-state index >= 15 is 0 Å². The molecular formula is C13H16N2O. The van der Waals surface area contributed by atoms with Gasteiger partial charge < -0.3 is 4.74 Å². The van der Waals surface area contributed by atoms with E-state index in [-0.39, 0.29) is 0 Å². The number of aryl methyl sites for hydroxylation is 2. The third-order valence-electron chi connectivity index (χ3n) is 2.54. The van der Waals surface area contributed by atoms with Gasteiger partial charge >= 0.3 is 0 Å². The Morgan fingerprint density at radius 2 is 2.06 bits per heavy atom. The molecule has 0 radical (unpaired) electrons. The van der Waals surface area contributed by atoms with E-state index in [0.29, 0.717) is 6.61 Å². The minimum atomic E-state index is 0.553. The first kappa shape index (κ1) is 10.9. The molecule has 16 heavy (non-hydrogen) atoms. The van der Waals surface area contributed by atoms with Crippen LogP contribution in [0, 0.1) is 13.8 Å². The molecule has 0 bridgehead atoms. The summed E-state index contributed by atoms with van der Waals surface area (Å²) in [6.07, 6.45) is 1.96. The summed E-state index contributed by atoms with van der Waals surface area (Å²) in [5.74, 6) is 0. The Hall–Kier alpha value is -1.61. The molecule has 1 aromatic heterocycles. The molecule has 0 aliphatic rings. The highest BCUT2D eigenvalue weighted by molar-refractivity contribution is 5.41. The van der Waals surface area contributed by atoms with Crippen LogP contribution in [0.5, 0.6) is 0 Å². The third kappa shape index (κ3) is 2.14. The molecule has 1 aromatic carbocycles. The van der Waals surface area contributed by atoms with Crippen LogP contribution >= 0.6 is 0 Å². The molecule has 0 atom stereocenters. The molecule has 0 unspecified atom stereocenters. The fourth-order valence-electron chi connectivity index (χ4n) is 1.78. The van der Waals surface area contributed by atoms with Gasteiger partial charge in [0, 0.05) is 13.3 Å². The molecule has 2 rings (SSSR count). The summed E-state index contributed by atoms with van der Waals surface area (Å²) < 4.78 is 6.94. The molecule has 1 heterocycles. The maximum Gasteiger partial charge on any atom is 0.0902 e. The van der Waals surface area contributed by atoms with E-state index in [9.17, 15) is 0 Å². The van der Waals surface area contributed by atoms with Crippen LogP contribution in [-0.2, 0) is 11.3 Å². The van der Waals surface area contributed by atoms with Crippen LogP contribution in [0.25, 0.3) is 5.69 Å². The van der Waals surface area contributed by atoms with Crippen molar-refractivity contribution in [3.05, 3.63) is 47.3 Å². The maximum atomic E-state index is 5.05. The summed E-state index contributed by atoms with van der Waals surface area (Å²) >= 11 is 0. The third-order valence-corrected chi connectivity index (χ3v) is 2.54. The molecule has 0 saturated carbocycles. The zero-order valence-corrected chi connectivity index (χ0v) is 9.90. The van der Waals surface area contributed by atoms with E-state index in [2.05, 4.69) is 37.1 Å². The van der Waals surface area contributed by atoms with Crippen molar-refractivity contribution in [2.75, 3.05) is 7.11 Å². The molecule has 3 heteroatoms. The summed E-state index contributed by atoms with van der Waals surface area (Å²) in [5, 5.41) is 4.45. The molecular weight excluding hydrogens is 200 g/mol. The lowest BCUT2D eigenvalue weighted by Crippen LogP contribution is -1.99. The second-order valence-electron chi connectivity index (χ2n) is 3.97. The highest BCUT2D eigenvalue weighted by atomic mass is 16.5. The normalized spacial score (nSPS) is 10.7. The lowest BCUT2D eigenvalue weighted by Gasteiger charge is -2.06. The number of benzene rings is 1.